The lowest BCUT2D eigenvalue weighted by molar-refractivity contribution is -0.136. The minimum atomic E-state index is -1.13. The van der Waals surface area contributed by atoms with Gasteiger partial charge in [0, 0.05) is 47.8 Å². The van der Waals surface area contributed by atoms with Crippen LogP contribution < -0.4 is 5.32 Å². The lowest BCUT2D eigenvalue weighted by Crippen LogP contribution is -2.51. The Morgan fingerprint density at radius 1 is 1.09 bits per heavy atom. The number of nitrogens with zero attached hydrogens (tertiary/aromatic N) is 2. The van der Waals surface area contributed by atoms with E-state index < -0.39 is 12.0 Å². The zero-order valence-corrected chi connectivity index (χ0v) is 20.4. The van der Waals surface area contributed by atoms with Crippen LogP contribution in [0.1, 0.15) is 47.2 Å². The van der Waals surface area contributed by atoms with Crippen molar-refractivity contribution < 1.29 is 19.5 Å². The Hall–Kier alpha value is -2.61. The summed E-state index contributed by atoms with van der Waals surface area (Å²) in [6.45, 7) is 4.48. The van der Waals surface area contributed by atoms with Crippen LogP contribution in [0.5, 0.6) is 0 Å². The van der Waals surface area contributed by atoms with E-state index in [2.05, 4.69) is 16.3 Å². The summed E-state index contributed by atoms with van der Waals surface area (Å²) >= 11 is 12.1. The van der Waals surface area contributed by atoms with Gasteiger partial charge in [-0.3, -0.25) is 14.5 Å². The fourth-order valence-electron chi connectivity index (χ4n) is 4.85. The molecule has 2 aliphatic rings. The van der Waals surface area contributed by atoms with E-state index >= 15 is 0 Å². The number of carboxylic acid groups (broad SMARTS) is 1. The van der Waals surface area contributed by atoms with E-state index in [-0.39, 0.29) is 28.4 Å². The number of piperidine rings is 1. The Labute approximate surface area is 208 Å². The monoisotopic (exact) mass is 503 g/mol. The Morgan fingerprint density at radius 3 is 2.50 bits per heavy atom. The highest BCUT2D eigenvalue weighted by atomic mass is 35.5. The van der Waals surface area contributed by atoms with Crippen LogP contribution in [0.25, 0.3) is 0 Å². The number of aromatic carboxylic acids is 1. The highest BCUT2D eigenvalue weighted by Crippen LogP contribution is 2.29. The number of carbonyl (C=O) groups excluding carboxylic acids is 2. The van der Waals surface area contributed by atoms with E-state index in [0.29, 0.717) is 18.5 Å². The van der Waals surface area contributed by atoms with Gasteiger partial charge in [0.2, 0.25) is 11.8 Å². The molecule has 34 heavy (non-hydrogen) atoms. The first-order valence-electron chi connectivity index (χ1n) is 11.3. The zero-order chi connectivity index (χ0) is 24.4. The number of aryl methyl sites for hydroxylation is 1. The molecule has 0 saturated carbocycles. The van der Waals surface area contributed by atoms with E-state index in [1.807, 2.05) is 19.1 Å². The number of hydrogen-bond donors (Lipinski definition) is 2. The second kappa shape index (κ2) is 10.3. The van der Waals surface area contributed by atoms with Crippen LogP contribution >= 0.6 is 23.2 Å². The number of amides is 2. The maximum atomic E-state index is 13.1. The molecule has 2 fully saturated rings. The van der Waals surface area contributed by atoms with Gasteiger partial charge < -0.3 is 15.3 Å². The molecule has 1 atom stereocenters. The predicted molar refractivity (Wildman–Crippen MR) is 131 cm³/mol. The molecule has 2 aliphatic heterocycles. The number of likely N-dealkylation sites (tertiary alicyclic amines) is 2. The van der Waals surface area contributed by atoms with Gasteiger partial charge >= 0.3 is 5.97 Å². The third-order valence-electron chi connectivity index (χ3n) is 6.55. The Kier molecular flexibility index (Phi) is 7.45. The Bertz CT molecular complexity index is 1120. The summed E-state index contributed by atoms with van der Waals surface area (Å²) in [5, 5.41) is 13.0. The Balaban J connectivity index is 1.39. The van der Waals surface area contributed by atoms with Crippen molar-refractivity contribution in [2.24, 2.45) is 0 Å². The fraction of sp³-hybridized carbons (Fsp3) is 0.400. The van der Waals surface area contributed by atoms with Crippen molar-refractivity contribution in [3.63, 3.8) is 0 Å². The maximum Gasteiger partial charge on any atom is 0.335 e. The smallest absolute Gasteiger partial charge is 0.335 e. The van der Waals surface area contributed by atoms with E-state index in [1.54, 1.807) is 4.90 Å². The van der Waals surface area contributed by atoms with Crippen LogP contribution in [0.3, 0.4) is 0 Å². The standard InChI is InChI=1S/C25H27Cl2N3O4/c1-15-10-16(2-3-21(15)27)14-29-8-6-20(7-9-29)30-22(4-5-23(30)31)24(32)28-19-12-17(25(33)34)11-18(26)13-19/h2-3,10-13,20,22H,4-9,14H2,1H3,(H,28,32)(H,33,34). The van der Waals surface area contributed by atoms with Crippen LogP contribution in [-0.2, 0) is 16.1 Å². The summed E-state index contributed by atoms with van der Waals surface area (Å²) in [5.41, 5.74) is 2.56. The van der Waals surface area contributed by atoms with Crippen molar-refractivity contribution >= 4 is 46.7 Å². The van der Waals surface area contributed by atoms with Crippen LogP contribution in [0.15, 0.2) is 36.4 Å². The molecule has 0 bridgehead atoms. The molecule has 2 heterocycles. The predicted octanol–water partition coefficient (Wildman–Crippen LogP) is 4.59. The van der Waals surface area contributed by atoms with Crippen molar-refractivity contribution in [1.82, 2.24) is 9.80 Å². The Morgan fingerprint density at radius 2 is 1.82 bits per heavy atom. The molecule has 0 spiro atoms. The summed E-state index contributed by atoms with van der Waals surface area (Å²) < 4.78 is 0. The minimum Gasteiger partial charge on any atom is -0.478 e. The summed E-state index contributed by atoms with van der Waals surface area (Å²) in [5.74, 6) is -1.45. The third-order valence-corrected chi connectivity index (χ3v) is 7.19. The second-order valence-electron chi connectivity index (χ2n) is 8.97. The zero-order valence-electron chi connectivity index (χ0n) is 18.9. The lowest BCUT2D eigenvalue weighted by Gasteiger charge is -2.39. The SMILES string of the molecule is Cc1cc(CN2CCC(N3C(=O)CCC3C(=O)Nc3cc(Cl)cc(C(=O)O)c3)CC2)ccc1Cl. The number of carboxylic acids is 1. The number of anilines is 1. The topological polar surface area (TPSA) is 90.0 Å². The molecule has 2 N–H and O–H groups in total. The molecular formula is C25H27Cl2N3O4. The number of carbonyl (C=O) groups is 3. The molecule has 180 valence electrons. The highest BCUT2D eigenvalue weighted by Gasteiger charge is 2.41. The molecule has 9 heteroatoms. The molecular weight excluding hydrogens is 477 g/mol. The number of benzene rings is 2. The van der Waals surface area contributed by atoms with Gasteiger partial charge in [0.1, 0.15) is 6.04 Å². The summed E-state index contributed by atoms with van der Waals surface area (Å²) in [6.07, 6.45) is 2.37. The summed E-state index contributed by atoms with van der Waals surface area (Å²) in [7, 11) is 0. The van der Waals surface area contributed by atoms with Gasteiger partial charge in [-0.05, 0) is 61.6 Å². The number of nitrogens with one attached hydrogen (secondary N) is 1. The molecule has 2 amide bonds. The van der Waals surface area contributed by atoms with E-state index in [0.717, 1.165) is 43.1 Å². The van der Waals surface area contributed by atoms with E-state index in [1.165, 1.54) is 23.8 Å². The van der Waals surface area contributed by atoms with Crippen LogP contribution in [-0.4, -0.2) is 57.9 Å². The average Bonchev–Trinajstić information content (AvgIpc) is 3.18. The van der Waals surface area contributed by atoms with Gasteiger partial charge in [-0.1, -0.05) is 35.3 Å². The van der Waals surface area contributed by atoms with Gasteiger partial charge in [-0.15, -0.1) is 0 Å². The second-order valence-corrected chi connectivity index (χ2v) is 9.81. The fourth-order valence-corrected chi connectivity index (χ4v) is 5.20. The maximum absolute atomic E-state index is 13.1. The quantitative estimate of drug-likeness (QED) is 0.601. The first-order valence-corrected chi connectivity index (χ1v) is 12.1. The molecule has 4 rings (SSSR count). The minimum absolute atomic E-state index is 0.00268. The van der Waals surface area contributed by atoms with Crippen molar-refractivity contribution in [3.8, 4) is 0 Å². The van der Waals surface area contributed by atoms with Gasteiger partial charge in [0.05, 0.1) is 5.56 Å². The molecule has 0 aromatic heterocycles. The van der Waals surface area contributed by atoms with Crippen LogP contribution in [0.4, 0.5) is 5.69 Å². The molecule has 0 aliphatic carbocycles. The summed E-state index contributed by atoms with van der Waals surface area (Å²) in [4.78, 5) is 41.1. The van der Waals surface area contributed by atoms with Crippen molar-refractivity contribution in [1.29, 1.82) is 0 Å². The summed E-state index contributed by atoms with van der Waals surface area (Å²) in [6, 6.07) is 9.68. The largest absolute Gasteiger partial charge is 0.478 e. The number of halogens is 2. The molecule has 2 aromatic rings. The first-order chi connectivity index (χ1) is 16.2. The number of hydrogen-bond acceptors (Lipinski definition) is 4. The first kappa shape index (κ1) is 24.5. The third kappa shape index (κ3) is 5.54. The molecule has 7 nitrogen and oxygen atoms in total. The van der Waals surface area contributed by atoms with Gasteiger partial charge in [0.25, 0.3) is 0 Å². The van der Waals surface area contributed by atoms with Gasteiger partial charge in [-0.25, -0.2) is 4.79 Å². The lowest BCUT2D eigenvalue weighted by atomic mass is 10.0. The molecule has 1 unspecified atom stereocenters. The molecule has 2 saturated heterocycles. The molecule has 2 aromatic carbocycles. The van der Waals surface area contributed by atoms with Crippen LogP contribution in [0.2, 0.25) is 10.0 Å². The van der Waals surface area contributed by atoms with Crippen molar-refractivity contribution in [2.75, 3.05) is 18.4 Å². The number of rotatable bonds is 6. The van der Waals surface area contributed by atoms with Crippen molar-refractivity contribution in [3.05, 3.63) is 63.1 Å². The normalized spacial score (nSPS) is 19.4. The molecule has 0 radical (unpaired) electrons. The van der Waals surface area contributed by atoms with Gasteiger partial charge in [0.15, 0.2) is 0 Å². The van der Waals surface area contributed by atoms with E-state index in [4.69, 9.17) is 23.2 Å². The van der Waals surface area contributed by atoms with Crippen LogP contribution in [0, 0.1) is 6.92 Å². The highest BCUT2D eigenvalue weighted by molar-refractivity contribution is 6.31. The average molecular weight is 504 g/mol. The van der Waals surface area contributed by atoms with E-state index in [9.17, 15) is 19.5 Å². The van der Waals surface area contributed by atoms with Crippen molar-refractivity contribution in [2.45, 2.75) is 51.2 Å². The van der Waals surface area contributed by atoms with Gasteiger partial charge in [-0.2, -0.15) is 0 Å².